The van der Waals surface area contributed by atoms with Gasteiger partial charge in [0.1, 0.15) is 6.54 Å². The van der Waals surface area contributed by atoms with Crippen molar-refractivity contribution in [2.24, 2.45) is 5.92 Å². The lowest BCUT2D eigenvalue weighted by Crippen LogP contribution is -2.37. The van der Waals surface area contributed by atoms with Gasteiger partial charge in [0.05, 0.1) is 6.61 Å². The first-order valence-corrected chi connectivity index (χ1v) is 8.10. The number of ether oxygens (including phenoxy) is 1. The third-order valence-corrected chi connectivity index (χ3v) is 3.96. The minimum absolute atomic E-state index is 0.102. The van der Waals surface area contributed by atoms with E-state index < -0.39 is 0 Å². The molecular formula is C16H29NO3. The van der Waals surface area contributed by atoms with Gasteiger partial charge in [-0.15, -0.1) is 0 Å². The highest BCUT2D eigenvalue weighted by Gasteiger charge is 2.20. The Morgan fingerprint density at radius 2 is 1.85 bits per heavy atom. The maximum Gasteiger partial charge on any atom is 0.325 e. The van der Waals surface area contributed by atoms with Gasteiger partial charge in [0.2, 0.25) is 5.91 Å². The Morgan fingerprint density at radius 1 is 1.15 bits per heavy atom. The van der Waals surface area contributed by atoms with Gasteiger partial charge in [0.15, 0.2) is 0 Å². The molecule has 0 aromatic carbocycles. The maximum absolute atomic E-state index is 12.2. The highest BCUT2D eigenvalue weighted by atomic mass is 16.5. The average Bonchev–Trinajstić information content (AvgIpc) is 2.45. The summed E-state index contributed by atoms with van der Waals surface area (Å²) in [5.41, 5.74) is 0. The molecule has 0 aromatic heterocycles. The zero-order valence-electron chi connectivity index (χ0n) is 13.0. The predicted molar refractivity (Wildman–Crippen MR) is 79.3 cm³/mol. The van der Waals surface area contributed by atoms with Crippen molar-refractivity contribution in [1.82, 2.24) is 4.90 Å². The van der Waals surface area contributed by atoms with E-state index in [0.29, 0.717) is 25.5 Å². The zero-order valence-corrected chi connectivity index (χ0v) is 13.0. The van der Waals surface area contributed by atoms with E-state index in [-0.39, 0.29) is 18.4 Å². The summed E-state index contributed by atoms with van der Waals surface area (Å²) >= 11 is 0. The minimum atomic E-state index is -0.299. The van der Waals surface area contributed by atoms with Crippen LogP contribution in [-0.4, -0.2) is 36.5 Å². The van der Waals surface area contributed by atoms with Gasteiger partial charge in [-0.1, -0.05) is 39.0 Å². The van der Waals surface area contributed by atoms with E-state index in [1.165, 1.54) is 32.1 Å². The molecule has 20 heavy (non-hydrogen) atoms. The molecule has 1 fully saturated rings. The number of hydrogen-bond acceptors (Lipinski definition) is 3. The van der Waals surface area contributed by atoms with Crippen LogP contribution in [0.1, 0.15) is 65.2 Å². The van der Waals surface area contributed by atoms with Gasteiger partial charge < -0.3 is 9.64 Å². The molecule has 0 saturated heterocycles. The molecule has 4 heteroatoms. The molecule has 0 radical (unpaired) electrons. The maximum atomic E-state index is 12.2. The highest BCUT2D eigenvalue weighted by Crippen LogP contribution is 2.27. The second-order valence-electron chi connectivity index (χ2n) is 5.66. The van der Waals surface area contributed by atoms with E-state index >= 15 is 0 Å². The van der Waals surface area contributed by atoms with Crippen LogP contribution in [0.25, 0.3) is 0 Å². The largest absolute Gasteiger partial charge is 0.465 e. The van der Waals surface area contributed by atoms with Gasteiger partial charge in [-0.2, -0.15) is 0 Å². The normalized spacial score (nSPS) is 15.9. The zero-order chi connectivity index (χ0) is 14.8. The average molecular weight is 283 g/mol. The van der Waals surface area contributed by atoms with Crippen molar-refractivity contribution in [1.29, 1.82) is 0 Å². The summed E-state index contributed by atoms with van der Waals surface area (Å²) in [5.74, 6) is 0.510. The Morgan fingerprint density at radius 3 is 2.45 bits per heavy atom. The Kier molecular flexibility index (Phi) is 8.31. The lowest BCUT2D eigenvalue weighted by atomic mass is 9.86. The summed E-state index contributed by atoms with van der Waals surface area (Å²) in [5, 5.41) is 0. The summed E-state index contributed by atoms with van der Waals surface area (Å²) in [4.78, 5) is 25.4. The van der Waals surface area contributed by atoms with Crippen molar-refractivity contribution in [3.63, 3.8) is 0 Å². The topological polar surface area (TPSA) is 46.6 Å². The fourth-order valence-corrected chi connectivity index (χ4v) is 2.89. The highest BCUT2D eigenvalue weighted by molar-refractivity contribution is 5.82. The Balaban J connectivity index is 2.36. The van der Waals surface area contributed by atoms with Crippen LogP contribution in [-0.2, 0) is 14.3 Å². The molecule has 1 saturated carbocycles. The molecule has 0 aromatic rings. The van der Waals surface area contributed by atoms with Crippen molar-refractivity contribution < 1.29 is 14.3 Å². The van der Waals surface area contributed by atoms with Crippen LogP contribution in [0.2, 0.25) is 0 Å². The molecule has 0 N–H and O–H groups in total. The Bertz CT molecular complexity index is 298. The van der Waals surface area contributed by atoms with Crippen LogP contribution in [0.3, 0.4) is 0 Å². The molecule has 0 atom stereocenters. The van der Waals surface area contributed by atoms with E-state index in [1.54, 1.807) is 11.8 Å². The Labute approximate surface area is 122 Å². The standard InChI is InChI=1S/C16H29NO3/c1-3-12-17(13-16(19)20-4-2)15(18)11-10-14-8-6-5-7-9-14/h14H,3-13H2,1-2H3. The number of carbonyl (C=O) groups is 2. The van der Waals surface area contributed by atoms with Gasteiger partial charge in [0.25, 0.3) is 0 Å². The molecule has 0 spiro atoms. The van der Waals surface area contributed by atoms with Gasteiger partial charge in [-0.05, 0) is 25.7 Å². The fraction of sp³-hybridized carbons (Fsp3) is 0.875. The lowest BCUT2D eigenvalue weighted by molar-refractivity contribution is -0.149. The number of esters is 1. The number of amides is 1. The van der Waals surface area contributed by atoms with Gasteiger partial charge >= 0.3 is 5.97 Å². The molecule has 0 unspecified atom stereocenters. The second-order valence-corrected chi connectivity index (χ2v) is 5.66. The number of nitrogens with zero attached hydrogens (tertiary/aromatic N) is 1. The van der Waals surface area contributed by atoms with Crippen LogP contribution in [0, 0.1) is 5.92 Å². The quantitative estimate of drug-likeness (QED) is 0.643. The molecule has 0 aliphatic heterocycles. The summed E-state index contributed by atoms with van der Waals surface area (Å²) in [6.07, 6.45) is 8.90. The van der Waals surface area contributed by atoms with E-state index in [4.69, 9.17) is 4.74 Å². The SMILES string of the molecule is CCCN(CC(=O)OCC)C(=O)CCC1CCCCC1. The molecule has 1 aliphatic rings. The van der Waals surface area contributed by atoms with E-state index in [1.807, 2.05) is 6.92 Å². The first-order chi connectivity index (χ1) is 9.67. The predicted octanol–water partition coefficient (Wildman–Crippen LogP) is 3.15. The van der Waals surface area contributed by atoms with Crippen molar-refractivity contribution in [3.05, 3.63) is 0 Å². The summed E-state index contributed by atoms with van der Waals surface area (Å²) in [7, 11) is 0. The first kappa shape index (κ1) is 17.0. The van der Waals surface area contributed by atoms with Crippen LogP contribution in [0.15, 0.2) is 0 Å². The fourth-order valence-electron chi connectivity index (χ4n) is 2.89. The van der Waals surface area contributed by atoms with Gasteiger partial charge in [-0.3, -0.25) is 9.59 Å². The monoisotopic (exact) mass is 283 g/mol. The van der Waals surface area contributed by atoms with E-state index in [9.17, 15) is 9.59 Å². The molecule has 1 amide bonds. The molecule has 116 valence electrons. The number of carbonyl (C=O) groups excluding carboxylic acids is 2. The lowest BCUT2D eigenvalue weighted by Gasteiger charge is -2.24. The first-order valence-electron chi connectivity index (χ1n) is 8.10. The molecule has 1 rings (SSSR count). The third kappa shape index (κ3) is 6.40. The molecule has 1 aliphatic carbocycles. The van der Waals surface area contributed by atoms with Gasteiger partial charge in [-0.25, -0.2) is 0 Å². The summed E-state index contributed by atoms with van der Waals surface area (Å²) < 4.78 is 4.93. The van der Waals surface area contributed by atoms with Gasteiger partial charge in [0, 0.05) is 13.0 Å². The van der Waals surface area contributed by atoms with E-state index in [2.05, 4.69) is 0 Å². The second kappa shape index (κ2) is 9.78. The van der Waals surface area contributed by atoms with Crippen molar-refractivity contribution in [3.8, 4) is 0 Å². The summed E-state index contributed by atoms with van der Waals surface area (Å²) in [6, 6.07) is 0. The smallest absolute Gasteiger partial charge is 0.325 e. The molecule has 0 bridgehead atoms. The molecule has 0 heterocycles. The Hall–Kier alpha value is -1.06. The van der Waals surface area contributed by atoms with E-state index in [0.717, 1.165) is 12.8 Å². The number of hydrogen-bond donors (Lipinski definition) is 0. The van der Waals surface area contributed by atoms with Crippen molar-refractivity contribution in [2.45, 2.75) is 65.2 Å². The minimum Gasteiger partial charge on any atom is -0.465 e. The van der Waals surface area contributed by atoms with Crippen LogP contribution in [0.5, 0.6) is 0 Å². The third-order valence-electron chi connectivity index (χ3n) is 3.96. The number of rotatable bonds is 8. The summed E-state index contributed by atoms with van der Waals surface area (Å²) in [6.45, 7) is 4.92. The van der Waals surface area contributed by atoms with Crippen molar-refractivity contribution in [2.75, 3.05) is 19.7 Å². The molecule has 4 nitrogen and oxygen atoms in total. The van der Waals surface area contributed by atoms with Crippen LogP contribution in [0.4, 0.5) is 0 Å². The van der Waals surface area contributed by atoms with Crippen molar-refractivity contribution >= 4 is 11.9 Å². The van der Waals surface area contributed by atoms with Crippen LogP contribution < -0.4 is 0 Å². The van der Waals surface area contributed by atoms with Crippen LogP contribution >= 0.6 is 0 Å². The molecular weight excluding hydrogens is 254 g/mol.